The molecule has 4 heterocycles. The van der Waals surface area contributed by atoms with Gasteiger partial charge in [0.25, 0.3) is 5.91 Å². The van der Waals surface area contributed by atoms with Crippen molar-refractivity contribution in [2.75, 3.05) is 38.4 Å². The lowest BCUT2D eigenvalue weighted by atomic mass is 9.89. The van der Waals surface area contributed by atoms with Crippen LogP contribution in [0.15, 0.2) is 18.2 Å². The van der Waals surface area contributed by atoms with Crippen LogP contribution in [0.3, 0.4) is 0 Å². The first-order valence-corrected chi connectivity index (χ1v) is 12.2. The Balaban J connectivity index is 1.15. The lowest BCUT2D eigenvalue weighted by molar-refractivity contribution is -0.187. The van der Waals surface area contributed by atoms with E-state index < -0.39 is 5.79 Å². The highest BCUT2D eigenvalue weighted by Crippen LogP contribution is 2.40. The Morgan fingerprint density at radius 1 is 1.12 bits per heavy atom. The van der Waals surface area contributed by atoms with E-state index in [1.54, 1.807) is 18.2 Å². The van der Waals surface area contributed by atoms with E-state index in [1.807, 2.05) is 4.90 Å². The standard InChI is InChI=1S/C23H25N3O6S/c27-20(14-4-5-16-17(12-14)30-13-29-16)25-22-24-19-15(2-1-3-18(19)33-22)21(28)26-8-6-23(7-9-26)31-10-11-32-23/h4-5,12,15H,1-3,6-11,13H2,(H,24,25,27). The Hall–Kier alpha value is -2.69. The number of aryl methyl sites for hydroxylation is 1. The summed E-state index contributed by atoms with van der Waals surface area (Å²) < 4.78 is 22.2. The fourth-order valence-electron chi connectivity index (χ4n) is 4.99. The molecule has 1 atom stereocenters. The lowest BCUT2D eigenvalue weighted by Crippen LogP contribution is -2.48. The summed E-state index contributed by atoms with van der Waals surface area (Å²) >= 11 is 1.46. The molecule has 0 radical (unpaired) electrons. The van der Waals surface area contributed by atoms with Gasteiger partial charge in [0.15, 0.2) is 22.4 Å². The third-order valence-corrected chi connectivity index (χ3v) is 7.80. The van der Waals surface area contributed by atoms with Crippen LogP contribution in [0.5, 0.6) is 11.5 Å². The van der Waals surface area contributed by atoms with Crippen LogP contribution in [0.4, 0.5) is 5.13 Å². The summed E-state index contributed by atoms with van der Waals surface area (Å²) in [5.41, 5.74) is 1.28. The number of nitrogens with one attached hydrogen (secondary N) is 1. The van der Waals surface area contributed by atoms with Crippen molar-refractivity contribution in [1.29, 1.82) is 0 Å². The van der Waals surface area contributed by atoms with E-state index in [0.29, 0.717) is 61.3 Å². The van der Waals surface area contributed by atoms with Crippen molar-refractivity contribution in [1.82, 2.24) is 9.88 Å². The van der Waals surface area contributed by atoms with Crippen molar-refractivity contribution in [3.8, 4) is 11.5 Å². The van der Waals surface area contributed by atoms with Crippen molar-refractivity contribution >= 4 is 28.3 Å². The summed E-state index contributed by atoms with van der Waals surface area (Å²) in [6.45, 7) is 2.66. The lowest BCUT2D eigenvalue weighted by Gasteiger charge is -2.39. The number of aromatic nitrogens is 1. The first kappa shape index (κ1) is 20.9. The van der Waals surface area contributed by atoms with Crippen LogP contribution in [0, 0.1) is 0 Å². The van der Waals surface area contributed by atoms with Gasteiger partial charge in [0, 0.05) is 36.4 Å². The molecule has 10 heteroatoms. The smallest absolute Gasteiger partial charge is 0.257 e. The Labute approximate surface area is 195 Å². The number of thiazole rings is 1. The minimum atomic E-state index is -0.499. The van der Waals surface area contributed by atoms with Crippen LogP contribution < -0.4 is 14.8 Å². The Kier molecular flexibility index (Phi) is 5.23. The number of benzene rings is 1. The topological polar surface area (TPSA) is 99.2 Å². The van der Waals surface area contributed by atoms with Crippen LogP contribution in [-0.4, -0.2) is 60.6 Å². The van der Waals surface area contributed by atoms with Crippen molar-refractivity contribution in [3.63, 3.8) is 0 Å². The predicted molar refractivity (Wildman–Crippen MR) is 119 cm³/mol. The van der Waals surface area contributed by atoms with Gasteiger partial charge in [-0.05, 0) is 37.5 Å². The van der Waals surface area contributed by atoms with Crippen LogP contribution >= 0.6 is 11.3 Å². The molecule has 1 spiro atoms. The van der Waals surface area contributed by atoms with Crippen LogP contribution in [0.2, 0.25) is 0 Å². The molecule has 1 aromatic carbocycles. The Morgan fingerprint density at radius 2 is 1.91 bits per heavy atom. The number of amides is 2. The molecule has 174 valence electrons. The van der Waals surface area contributed by atoms with Gasteiger partial charge in [-0.15, -0.1) is 11.3 Å². The maximum Gasteiger partial charge on any atom is 0.257 e. The van der Waals surface area contributed by atoms with Crippen molar-refractivity contribution in [2.24, 2.45) is 0 Å². The van der Waals surface area contributed by atoms with Gasteiger partial charge in [-0.3, -0.25) is 14.9 Å². The molecule has 1 N–H and O–H groups in total. The molecule has 2 fully saturated rings. The molecule has 9 nitrogen and oxygen atoms in total. The Morgan fingerprint density at radius 3 is 2.73 bits per heavy atom. The van der Waals surface area contributed by atoms with Crippen LogP contribution in [0.1, 0.15) is 52.5 Å². The number of piperidine rings is 1. The first-order chi connectivity index (χ1) is 16.1. The number of rotatable bonds is 3. The molecule has 3 aliphatic heterocycles. The molecule has 2 amide bonds. The summed E-state index contributed by atoms with van der Waals surface area (Å²) in [5.74, 6) is 0.278. The monoisotopic (exact) mass is 471 g/mol. The predicted octanol–water partition coefficient (Wildman–Crippen LogP) is 2.91. The molecular formula is C23H25N3O6S. The SMILES string of the molecule is O=C(Nc1nc2c(s1)CCCC2C(=O)N1CCC2(CC1)OCCO2)c1ccc2c(c1)OCO2. The zero-order valence-electron chi connectivity index (χ0n) is 18.1. The van der Waals surface area contributed by atoms with Crippen molar-refractivity contribution in [2.45, 2.75) is 43.8 Å². The molecule has 2 saturated heterocycles. The largest absolute Gasteiger partial charge is 0.454 e. The number of likely N-dealkylation sites (tertiary alicyclic amines) is 1. The number of fused-ring (bicyclic) bond motifs is 2. The highest BCUT2D eigenvalue weighted by Gasteiger charge is 2.42. The average Bonchev–Trinajstić information content (AvgIpc) is 3.58. The summed E-state index contributed by atoms with van der Waals surface area (Å²) in [5, 5.41) is 3.41. The Bertz CT molecular complexity index is 1090. The number of hydrogen-bond donors (Lipinski definition) is 1. The quantitative estimate of drug-likeness (QED) is 0.735. The van der Waals surface area contributed by atoms with E-state index in [0.717, 1.165) is 29.8 Å². The highest BCUT2D eigenvalue weighted by molar-refractivity contribution is 7.16. The first-order valence-electron chi connectivity index (χ1n) is 11.4. The molecule has 4 aliphatic rings. The maximum atomic E-state index is 13.4. The van der Waals surface area contributed by atoms with Crippen LogP contribution in [0.25, 0.3) is 0 Å². The van der Waals surface area contributed by atoms with Gasteiger partial charge < -0.3 is 23.8 Å². The molecule has 2 aromatic rings. The minimum Gasteiger partial charge on any atom is -0.454 e. The maximum absolute atomic E-state index is 13.4. The van der Waals surface area contributed by atoms with E-state index in [-0.39, 0.29) is 24.5 Å². The second kappa shape index (κ2) is 8.27. The number of anilines is 1. The van der Waals surface area contributed by atoms with E-state index in [4.69, 9.17) is 23.9 Å². The zero-order valence-corrected chi connectivity index (χ0v) is 18.9. The van der Waals surface area contributed by atoms with Gasteiger partial charge in [-0.2, -0.15) is 0 Å². The van der Waals surface area contributed by atoms with Gasteiger partial charge in [0.05, 0.1) is 24.8 Å². The molecule has 1 aromatic heterocycles. The third kappa shape index (κ3) is 3.85. The van der Waals surface area contributed by atoms with Crippen LogP contribution in [-0.2, 0) is 20.7 Å². The van der Waals surface area contributed by atoms with Crippen molar-refractivity contribution < 1.29 is 28.5 Å². The van der Waals surface area contributed by atoms with E-state index in [1.165, 1.54) is 11.3 Å². The number of carbonyl (C=O) groups excluding carboxylic acids is 2. The highest BCUT2D eigenvalue weighted by atomic mass is 32.1. The zero-order chi connectivity index (χ0) is 22.4. The fourth-order valence-corrected chi connectivity index (χ4v) is 6.05. The number of carbonyl (C=O) groups is 2. The van der Waals surface area contributed by atoms with Crippen molar-refractivity contribution in [3.05, 3.63) is 34.3 Å². The normalized spacial score (nSPS) is 22.9. The van der Waals surface area contributed by atoms with E-state index in [2.05, 4.69) is 5.32 Å². The van der Waals surface area contributed by atoms with Gasteiger partial charge in [0.2, 0.25) is 12.7 Å². The fraction of sp³-hybridized carbons (Fsp3) is 0.522. The minimum absolute atomic E-state index is 0.114. The van der Waals surface area contributed by atoms with Gasteiger partial charge >= 0.3 is 0 Å². The van der Waals surface area contributed by atoms with Gasteiger partial charge in [0.1, 0.15) is 0 Å². The number of nitrogens with zero attached hydrogens (tertiary/aromatic N) is 2. The van der Waals surface area contributed by atoms with E-state index >= 15 is 0 Å². The summed E-state index contributed by atoms with van der Waals surface area (Å²) in [4.78, 5) is 33.8. The molecule has 1 aliphatic carbocycles. The molecule has 0 saturated carbocycles. The summed E-state index contributed by atoms with van der Waals surface area (Å²) in [7, 11) is 0. The number of hydrogen-bond acceptors (Lipinski definition) is 8. The third-order valence-electron chi connectivity index (χ3n) is 6.76. The second-order valence-corrected chi connectivity index (χ2v) is 9.81. The average molecular weight is 472 g/mol. The second-order valence-electron chi connectivity index (χ2n) is 8.73. The molecule has 33 heavy (non-hydrogen) atoms. The molecule has 0 bridgehead atoms. The summed E-state index contributed by atoms with van der Waals surface area (Å²) in [6.07, 6.45) is 3.99. The van der Waals surface area contributed by atoms with E-state index in [9.17, 15) is 9.59 Å². The summed E-state index contributed by atoms with van der Waals surface area (Å²) in [6, 6.07) is 5.09. The van der Waals surface area contributed by atoms with Gasteiger partial charge in [-0.25, -0.2) is 4.98 Å². The molecular weight excluding hydrogens is 446 g/mol. The number of ether oxygens (including phenoxy) is 4. The van der Waals surface area contributed by atoms with Gasteiger partial charge in [-0.1, -0.05) is 0 Å². The molecule has 6 rings (SSSR count). The molecule has 1 unspecified atom stereocenters.